The van der Waals surface area contributed by atoms with Gasteiger partial charge in [-0.15, -0.1) is 0 Å². The highest BCUT2D eigenvalue weighted by molar-refractivity contribution is 5.26. The number of alkyl halides is 1. The Morgan fingerprint density at radius 1 is 1.21 bits per heavy atom. The van der Waals surface area contributed by atoms with E-state index in [4.69, 9.17) is 4.74 Å². The Labute approximate surface area is 84.1 Å². The lowest BCUT2D eigenvalue weighted by molar-refractivity contribution is 0.310. The van der Waals surface area contributed by atoms with Gasteiger partial charge in [-0.1, -0.05) is 17.7 Å². The molecule has 0 aliphatic heterocycles. The third-order valence-electron chi connectivity index (χ3n) is 1.84. The molecule has 0 fully saturated rings. The number of hydrogen-bond donors (Lipinski definition) is 1. The average Bonchev–Trinajstić information content (AvgIpc) is 2.21. The molecule has 3 heteroatoms. The zero-order valence-electron chi connectivity index (χ0n) is 8.42. The maximum Gasteiger partial charge on any atom is 0.119 e. The highest BCUT2D eigenvalue weighted by atomic mass is 19.1. The first kappa shape index (κ1) is 11.0. The van der Waals surface area contributed by atoms with Gasteiger partial charge < -0.3 is 10.1 Å². The minimum atomic E-state index is -0.329. The quantitative estimate of drug-likeness (QED) is 0.704. The minimum Gasteiger partial charge on any atom is -0.492 e. The third kappa shape index (κ3) is 4.23. The second-order valence-electron chi connectivity index (χ2n) is 3.10. The first-order chi connectivity index (χ1) is 6.83. The van der Waals surface area contributed by atoms with Gasteiger partial charge in [-0.3, -0.25) is 0 Å². The highest BCUT2D eigenvalue weighted by Gasteiger charge is 1.92. The zero-order chi connectivity index (χ0) is 10.2. The summed E-state index contributed by atoms with van der Waals surface area (Å²) in [5.41, 5.74) is 1.22. The molecule has 0 atom stereocenters. The van der Waals surface area contributed by atoms with Crippen LogP contribution in [0.15, 0.2) is 24.3 Å². The Hall–Kier alpha value is -1.09. The number of halogens is 1. The maximum absolute atomic E-state index is 11.7. The van der Waals surface area contributed by atoms with Gasteiger partial charge in [0.15, 0.2) is 0 Å². The van der Waals surface area contributed by atoms with E-state index in [-0.39, 0.29) is 6.67 Å². The monoisotopic (exact) mass is 197 g/mol. The van der Waals surface area contributed by atoms with Crippen molar-refractivity contribution in [1.29, 1.82) is 0 Å². The molecule has 0 heterocycles. The molecule has 0 bridgehead atoms. The van der Waals surface area contributed by atoms with Crippen LogP contribution in [0.25, 0.3) is 0 Å². The minimum absolute atomic E-state index is 0.329. The molecule has 78 valence electrons. The average molecular weight is 197 g/mol. The Morgan fingerprint density at radius 3 is 2.57 bits per heavy atom. The molecule has 0 aliphatic carbocycles. The van der Waals surface area contributed by atoms with E-state index in [1.807, 2.05) is 31.2 Å². The standard InChI is InChI=1S/C11H16FNO/c1-10-2-4-11(5-3-10)14-9-8-13-7-6-12/h2-5,13H,6-9H2,1H3. The molecule has 1 rings (SSSR count). The van der Waals surface area contributed by atoms with Gasteiger partial charge in [0, 0.05) is 13.1 Å². The largest absolute Gasteiger partial charge is 0.492 e. The predicted octanol–water partition coefficient (Wildman–Crippen LogP) is 1.93. The topological polar surface area (TPSA) is 21.3 Å². The number of aryl methyl sites for hydroxylation is 1. The first-order valence-corrected chi connectivity index (χ1v) is 4.79. The first-order valence-electron chi connectivity index (χ1n) is 4.79. The molecule has 0 unspecified atom stereocenters. The SMILES string of the molecule is Cc1ccc(OCCNCCF)cc1. The third-order valence-corrected chi connectivity index (χ3v) is 1.84. The molecule has 1 aromatic carbocycles. The molecule has 2 nitrogen and oxygen atoms in total. The van der Waals surface area contributed by atoms with Crippen molar-refractivity contribution >= 4 is 0 Å². The summed E-state index contributed by atoms with van der Waals surface area (Å²) in [7, 11) is 0. The maximum atomic E-state index is 11.7. The Bertz CT molecular complexity index is 248. The van der Waals surface area contributed by atoms with Crippen molar-refractivity contribution in [2.24, 2.45) is 0 Å². The van der Waals surface area contributed by atoms with Crippen LogP contribution >= 0.6 is 0 Å². The van der Waals surface area contributed by atoms with Crippen LogP contribution in [-0.2, 0) is 0 Å². The summed E-state index contributed by atoms with van der Waals surface area (Å²) in [4.78, 5) is 0. The lowest BCUT2D eigenvalue weighted by atomic mass is 10.2. The highest BCUT2D eigenvalue weighted by Crippen LogP contribution is 2.10. The van der Waals surface area contributed by atoms with E-state index in [0.29, 0.717) is 19.7 Å². The summed E-state index contributed by atoms with van der Waals surface area (Å²) < 4.78 is 17.1. The molecule has 14 heavy (non-hydrogen) atoms. The van der Waals surface area contributed by atoms with Gasteiger partial charge in [0.25, 0.3) is 0 Å². The molecule has 1 N–H and O–H groups in total. The molecule has 0 amide bonds. The van der Waals surface area contributed by atoms with E-state index in [0.717, 1.165) is 5.75 Å². The van der Waals surface area contributed by atoms with Crippen molar-refractivity contribution in [3.63, 3.8) is 0 Å². The lowest BCUT2D eigenvalue weighted by Crippen LogP contribution is -2.23. The van der Waals surface area contributed by atoms with Crippen LogP contribution in [0.1, 0.15) is 5.56 Å². The smallest absolute Gasteiger partial charge is 0.119 e. The Kier molecular flexibility index (Phi) is 5.00. The number of ether oxygens (including phenoxy) is 1. The van der Waals surface area contributed by atoms with Gasteiger partial charge in [0.2, 0.25) is 0 Å². The zero-order valence-corrected chi connectivity index (χ0v) is 8.42. The second-order valence-corrected chi connectivity index (χ2v) is 3.10. The van der Waals surface area contributed by atoms with Crippen LogP contribution in [0.2, 0.25) is 0 Å². The fraction of sp³-hybridized carbons (Fsp3) is 0.455. The van der Waals surface area contributed by atoms with Gasteiger partial charge in [-0.05, 0) is 19.1 Å². The van der Waals surface area contributed by atoms with Crippen LogP contribution in [-0.4, -0.2) is 26.4 Å². The summed E-state index contributed by atoms with van der Waals surface area (Å²) in [6.07, 6.45) is 0. The van der Waals surface area contributed by atoms with Crippen molar-refractivity contribution in [1.82, 2.24) is 5.32 Å². The van der Waals surface area contributed by atoms with Crippen LogP contribution in [0.3, 0.4) is 0 Å². The van der Waals surface area contributed by atoms with Crippen molar-refractivity contribution in [3.8, 4) is 5.75 Å². The lowest BCUT2D eigenvalue weighted by Gasteiger charge is -2.06. The normalized spacial score (nSPS) is 10.1. The van der Waals surface area contributed by atoms with Gasteiger partial charge >= 0.3 is 0 Å². The fourth-order valence-corrected chi connectivity index (χ4v) is 1.07. The number of rotatable bonds is 6. The van der Waals surface area contributed by atoms with Crippen molar-refractivity contribution in [3.05, 3.63) is 29.8 Å². The van der Waals surface area contributed by atoms with Crippen molar-refractivity contribution in [2.45, 2.75) is 6.92 Å². The van der Waals surface area contributed by atoms with Crippen LogP contribution in [0, 0.1) is 6.92 Å². The molecule has 0 saturated heterocycles. The summed E-state index contributed by atoms with van der Waals surface area (Å²) >= 11 is 0. The number of hydrogen-bond acceptors (Lipinski definition) is 2. The van der Waals surface area contributed by atoms with E-state index in [2.05, 4.69) is 5.32 Å². The van der Waals surface area contributed by atoms with Crippen molar-refractivity contribution < 1.29 is 9.13 Å². The van der Waals surface area contributed by atoms with Gasteiger partial charge in [-0.2, -0.15) is 0 Å². The molecule has 1 aromatic rings. The summed E-state index contributed by atoms with van der Waals surface area (Å²) in [5.74, 6) is 0.859. The van der Waals surface area contributed by atoms with Gasteiger partial charge in [0.1, 0.15) is 19.0 Å². The molecule has 0 aromatic heterocycles. The summed E-state index contributed by atoms with van der Waals surface area (Å²) in [6, 6.07) is 7.88. The molecule has 0 saturated carbocycles. The van der Waals surface area contributed by atoms with Gasteiger partial charge in [-0.25, -0.2) is 4.39 Å². The molecular formula is C11H16FNO. The number of benzene rings is 1. The van der Waals surface area contributed by atoms with E-state index in [1.165, 1.54) is 5.56 Å². The Balaban J connectivity index is 2.15. The second kappa shape index (κ2) is 6.38. The number of nitrogens with one attached hydrogen (secondary N) is 1. The summed E-state index contributed by atoms with van der Waals surface area (Å²) in [6.45, 7) is 3.36. The van der Waals surface area contributed by atoms with Crippen LogP contribution < -0.4 is 10.1 Å². The van der Waals surface area contributed by atoms with Gasteiger partial charge in [0.05, 0.1) is 0 Å². The van der Waals surface area contributed by atoms with Crippen LogP contribution in [0.5, 0.6) is 5.75 Å². The fourth-order valence-electron chi connectivity index (χ4n) is 1.07. The van der Waals surface area contributed by atoms with E-state index in [9.17, 15) is 4.39 Å². The molecule has 0 radical (unpaired) electrons. The van der Waals surface area contributed by atoms with E-state index >= 15 is 0 Å². The van der Waals surface area contributed by atoms with E-state index < -0.39 is 0 Å². The summed E-state index contributed by atoms with van der Waals surface area (Å²) in [5, 5.41) is 2.92. The predicted molar refractivity (Wildman–Crippen MR) is 55.5 cm³/mol. The van der Waals surface area contributed by atoms with Crippen molar-refractivity contribution in [2.75, 3.05) is 26.4 Å². The van der Waals surface area contributed by atoms with Crippen LogP contribution in [0.4, 0.5) is 4.39 Å². The Morgan fingerprint density at radius 2 is 1.93 bits per heavy atom. The van der Waals surface area contributed by atoms with E-state index in [1.54, 1.807) is 0 Å². The molecular weight excluding hydrogens is 181 g/mol. The molecule has 0 aliphatic rings. The molecule has 0 spiro atoms.